The summed E-state index contributed by atoms with van der Waals surface area (Å²) in [6.07, 6.45) is 0.921. The summed E-state index contributed by atoms with van der Waals surface area (Å²) in [7, 11) is 0. The van der Waals surface area contributed by atoms with Gasteiger partial charge in [-0.2, -0.15) is 0 Å². The smallest absolute Gasteiger partial charge is 0.189 e. The van der Waals surface area contributed by atoms with Crippen molar-refractivity contribution >= 4 is 17.6 Å². The molecule has 0 amide bonds. The van der Waals surface area contributed by atoms with Gasteiger partial charge in [0, 0.05) is 12.0 Å². The van der Waals surface area contributed by atoms with Crippen LogP contribution in [0.5, 0.6) is 0 Å². The third kappa shape index (κ3) is 3.70. The molecule has 0 bridgehead atoms. The molecule has 19 heavy (non-hydrogen) atoms. The fourth-order valence-electron chi connectivity index (χ4n) is 1.92. The van der Waals surface area contributed by atoms with Crippen LogP contribution in [0.2, 0.25) is 5.02 Å². The van der Waals surface area contributed by atoms with Crippen LogP contribution in [-0.2, 0) is 0 Å². The number of nitrogens with zero attached hydrogens (tertiary/aromatic N) is 1. The van der Waals surface area contributed by atoms with Gasteiger partial charge in [0.2, 0.25) is 0 Å². The molecule has 102 valence electrons. The summed E-state index contributed by atoms with van der Waals surface area (Å²) < 4.78 is 13.4. The van der Waals surface area contributed by atoms with Crippen molar-refractivity contribution in [3.63, 3.8) is 0 Å². The average molecular weight is 282 g/mol. The zero-order valence-electron chi connectivity index (χ0n) is 10.8. The lowest BCUT2D eigenvalue weighted by atomic mass is 10.1. The van der Waals surface area contributed by atoms with Crippen molar-refractivity contribution in [3.05, 3.63) is 46.8 Å². The van der Waals surface area contributed by atoms with E-state index in [1.54, 1.807) is 6.07 Å². The van der Waals surface area contributed by atoms with Crippen molar-refractivity contribution < 1.29 is 4.39 Å². The number of benzene rings is 1. The molecule has 3 nitrogen and oxygen atoms in total. The van der Waals surface area contributed by atoms with Crippen LogP contribution >= 0.6 is 11.6 Å². The maximum atomic E-state index is 13.4. The van der Waals surface area contributed by atoms with Gasteiger partial charge in [0.15, 0.2) is 5.96 Å². The highest BCUT2D eigenvalue weighted by atomic mass is 35.5. The first-order chi connectivity index (χ1) is 8.97. The highest BCUT2D eigenvalue weighted by Gasteiger charge is 2.39. The lowest BCUT2D eigenvalue weighted by molar-refractivity contribution is 0.625. The molecule has 2 rings (SSSR count). The number of rotatable bonds is 4. The van der Waals surface area contributed by atoms with E-state index in [1.807, 2.05) is 13.0 Å². The number of hydrogen-bond acceptors (Lipinski definition) is 1. The van der Waals surface area contributed by atoms with Crippen LogP contribution in [0.25, 0.3) is 0 Å². The monoisotopic (exact) mass is 281 g/mol. The van der Waals surface area contributed by atoms with Gasteiger partial charge >= 0.3 is 0 Å². The third-order valence-corrected chi connectivity index (χ3v) is 3.32. The van der Waals surface area contributed by atoms with E-state index < -0.39 is 0 Å². The van der Waals surface area contributed by atoms with Gasteiger partial charge in [-0.25, -0.2) is 9.38 Å². The molecule has 0 saturated heterocycles. The summed E-state index contributed by atoms with van der Waals surface area (Å²) >= 11 is 5.66. The second-order valence-electron chi connectivity index (χ2n) is 4.93. The highest BCUT2D eigenvalue weighted by Crippen LogP contribution is 2.41. The second kappa shape index (κ2) is 5.61. The number of hydrogen-bond donors (Lipinski definition) is 2. The number of aliphatic imine (C=N–C) groups is 1. The molecule has 1 aromatic carbocycles. The molecule has 2 atom stereocenters. The summed E-state index contributed by atoms with van der Waals surface area (Å²) in [5, 5.41) is 3.27. The number of guanidine groups is 1. The molecule has 1 aliphatic rings. The fraction of sp³-hybridized carbons (Fsp3) is 0.357. The van der Waals surface area contributed by atoms with Crippen LogP contribution in [-0.4, -0.2) is 18.5 Å². The van der Waals surface area contributed by atoms with E-state index in [9.17, 15) is 4.39 Å². The summed E-state index contributed by atoms with van der Waals surface area (Å²) in [6, 6.07) is 5.13. The highest BCUT2D eigenvalue weighted by molar-refractivity contribution is 6.30. The van der Waals surface area contributed by atoms with Gasteiger partial charge in [0.05, 0.1) is 11.6 Å². The Hall–Kier alpha value is -1.55. The van der Waals surface area contributed by atoms with E-state index >= 15 is 0 Å². The molecule has 0 spiro atoms. The second-order valence-corrected chi connectivity index (χ2v) is 5.33. The van der Waals surface area contributed by atoms with Crippen LogP contribution in [0.1, 0.15) is 24.8 Å². The van der Waals surface area contributed by atoms with Gasteiger partial charge in [0.1, 0.15) is 5.82 Å². The van der Waals surface area contributed by atoms with Gasteiger partial charge in [0.25, 0.3) is 0 Å². The SMILES string of the molecule is C=C(C)CN=C(N)N[C@@H]1C[C@H]1c1ccc(Cl)c(F)c1. The molecular formula is C14H17ClFN3. The third-order valence-electron chi connectivity index (χ3n) is 3.01. The molecule has 1 aliphatic carbocycles. The lowest BCUT2D eigenvalue weighted by Crippen LogP contribution is -2.34. The van der Waals surface area contributed by atoms with E-state index in [0.717, 1.165) is 17.6 Å². The molecule has 3 N–H and O–H groups in total. The number of nitrogens with one attached hydrogen (secondary N) is 1. The first kappa shape index (κ1) is 13.9. The van der Waals surface area contributed by atoms with Crippen molar-refractivity contribution in [1.82, 2.24) is 5.32 Å². The zero-order valence-corrected chi connectivity index (χ0v) is 11.5. The quantitative estimate of drug-likeness (QED) is 0.506. The predicted molar refractivity (Wildman–Crippen MR) is 77.0 cm³/mol. The van der Waals surface area contributed by atoms with Gasteiger partial charge in [-0.1, -0.05) is 29.8 Å². The Morgan fingerprint density at radius 1 is 1.63 bits per heavy atom. The lowest BCUT2D eigenvalue weighted by Gasteiger charge is -2.06. The van der Waals surface area contributed by atoms with Crippen LogP contribution in [0, 0.1) is 5.82 Å². The minimum Gasteiger partial charge on any atom is -0.370 e. The van der Waals surface area contributed by atoms with Crippen LogP contribution in [0.3, 0.4) is 0 Å². The average Bonchev–Trinajstić information content (AvgIpc) is 3.09. The van der Waals surface area contributed by atoms with Gasteiger partial charge in [-0.15, -0.1) is 0 Å². The minimum atomic E-state index is -0.381. The summed E-state index contributed by atoms with van der Waals surface area (Å²) in [5.74, 6) is 0.295. The Labute approximate surface area is 117 Å². The Kier molecular flexibility index (Phi) is 4.10. The molecule has 0 unspecified atom stereocenters. The molecule has 1 aromatic rings. The first-order valence-corrected chi connectivity index (χ1v) is 6.51. The Morgan fingerprint density at radius 3 is 3.00 bits per heavy atom. The summed E-state index contributed by atoms with van der Waals surface area (Å²) in [5.41, 5.74) is 7.65. The van der Waals surface area contributed by atoms with Gasteiger partial charge in [-0.3, -0.25) is 0 Å². The topological polar surface area (TPSA) is 50.4 Å². The van der Waals surface area contributed by atoms with E-state index in [-0.39, 0.29) is 22.8 Å². The Bertz CT molecular complexity index is 527. The molecule has 0 radical (unpaired) electrons. The van der Waals surface area contributed by atoms with Crippen LogP contribution < -0.4 is 11.1 Å². The van der Waals surface area contributed by atoms with Crippen molar-refractivity contribution in [1.29, 1.82) is 0 Å². The molecule has 5 heteroatoms. The van der Waals surface area contributed by atoms with E-state index in [2.05, 4.69) is 16.9 Å². The van der Waals surface area contributed by atoms with Gasteiger partial charge < -0.3 is 11.1 Å². The zero-order chi connectivity index (χ0) is 14.0. The van der Waals surface area contributed by atoms with E-state index in [4.69, 9.17) is 17.3 Å². The summed E-state index contributed by atoms with van der Waals surface area (Å²) in [4.78, 5) is 4.15. The normalized spacial score (nSPS) is 22.2. The molecule has 0 heterocycles. The fourth-order valence-corrected chi connectivity index (χ4v) is 2.04. The Balaban J connectivity index is 1.92. The minimum absolute atomic E-state index is 0.149. The maximum absolute atomic E-state index is 13.4. The molecule has 0 aromatic heterocycles. The molecule has 1 saturated carbocycles. The standard InChI is InChI=1S/C14H17ClFN3/c1-8(2)7-18-14(17)19-13-6-10(13)9-3-4-11(15)12(16)5-9/h3-5,10,13H,1,6-7H2,2H3,(H3,17,18,19)/t10-,13+/m0/s1. The van der Waals surface area contributed by atoms with E-state index in [1.165, 1.54) is 6.07 Å². The van der Waals surface area contributed by atoms with Crippen molar-refractivity contribution in [2.75, 3.05) is 6.54 Å². The predicted octanol–water partition coefficient (Wildman–Crippen LogP) is 2.82. The van der Waals surface area contributed by atoms with Crippen molar-refractivity contribution in [3.8, 4) is 0 Å². The van der Waals surface area contributed by atoms with Crippen LogP contribution in [0.15, 0.2) is 35.3 Å². The maximum Gasteiger partial charge on any atom is 0.189 e. The molecule has 0 aliphatic heterocycles. The number of halogens is 2. The van der Waals surface area contributed by atoms with E-state index in [0.29, 0.717) is 12.5 Å². The van der Waals surface area contributed by atoms with Crippen molar-refractivity contribution in [2.45, 2.75) is 25.3 Å². The largest absolute Gasteiger partial charge is 0.370 e. The van der Waals surface area contributed by atoms with Gasteiger partial charge in [-0.05, 0) is 31.0 Å². The summed E-state index contributed by atoms with van der Waals surface area (Å²) in [6.45, 7) is 6.17. The number of nitrogens with two attached hydrogens (primary N) is 1. The Morgan fingerprint density at radius 2 is 2.37 bits per heavy atom. The first-order valence-electron chi connectivity index (χ1n) is 6.13. The van der Waals surface area contributed by atoms with Crippen LogP contribution in [0.4, 0.5) is 4.39 Å². The van der Waals surface area contributed by atoms with Crippen molar-refractivity contribution in [2.24, 2.45) is 10.7 Å². The molecule has 1 fully saturated rings. The molecular weight excluding hydrogens is 265 g/mol.